The van der Waals surface area contributed by atoms with E-state index in [1.807, 2.05) is 0 Å². The maximum absolute atomic E-state index is 2.37. The Morgan fingerprint density at radius 3 is 2.43 bits per heavy atom. The van der Waals surface area contributed by atoms with Crippen LogP contribution in [0.5, 0.6) is 0 Å². The van der Waals surface area contributed by atoms with Crippen LogP contribution in [0.1, 0.15) is 53.9 Å². The van der Waals surface area contributed by atoms with E-state index in [4.69, 9.17) is 0 Å². The third kappa shape index (κ3) is 2.73. The lowest BCUT2D eigenvalue weighted by molar-refractivity contribution is 0.376. The third-order valence-corrected chi connectivity index (χ3v) is 3.19. The average molecular weight is 192 g/mol. The molecule has 0 radical (unpaired) electrons. The number of hydrogen-bond donors (Lipinski definition) is 0. The van der Waals surface area contributed by atoms with Gasteiger partial charge in [0.1, 0.15) is 0 Å². The Morgan fingerprint density at radius 1 is 1.29 bits per heavy atom. The highest BCUT2D eigenvalue weighted by Gasteiger charge is 2.26. The van der Waals surface area contributed by atoms with Gasteiger partial charge in [-0.25, -0.2) is 0 Å². The van der Waals surface area contributed by atoms with E-state index >= 15 is 0 Å². The zero-order valence-corrected chi connectivity index (χ0v) is 10.4. The fraction of sp³-hybridized carbons (Fsp3) is 0.714. The Hall–Kier alpha value is -0.520. The molecule has 0 amide bonds. The molecule has 0 saturated heterocycles. The molecule has 0 atom stereocenters. The first-order valence-corrected chi connectivity index (χ1v) is 5.82. The van der Waals surface area contributed by atoms with Gasteiger partial charge in [-0.1, -0.05) is 45.4 Å². The predicted molar refractivity (Wildman–Crippen MR) is 64.3 cm³/mol. The SMILES string of the molecule is CC1=C(C=CC(C)C)C(C)(C)CCC1. The van der Waals surface area contributed by atoms with Gasteiger partial charge in [-0.15, -0.1) is 0 Å². The molecule has 0 aliphatic heterocycles. The van der Waals surface area contributed by atoms with Crippen molar-refractivity contribution in [3.63, 3.8) is 0 Å². The van der Waals surface area contributed by atoms with E-state index in [0.29, 0.717) is 11.3 Å². The molecule has 0 heteroatoms. The lowest BCUT2D eigenvalue weighted by atomic mass is 9.72. The van der Waals surface area contributed by atoms with Crippen LogP contribution in [0.15, 0.2) is 23.3 Å². The molecule has 1 aliphatic rings. The summed E-state index contributed by atoms with van der Waals surface area (Å²) in [5.41, 5.74) is 3.57. The number of hydrogen-bond acceptors (Lipinski definition) is 0. The van der Waals surface area contributed by atoms with E-state index in [0.717, 1.165) is 0 Å². The summed E-state index contributed by atoms with van der Waals surface area (Å²) in [6.07, 6.45) is 8.67. The van der Waals surface area contributed by atoms with Gasteiger partial charge >= 0.3 is 0 Å². The van der Waals surface area contributed by atoms with E-state index in [2.05, 4.69) is 46.8 Å². The second-order valence-corrected chi connectivity index (χ2v) is 5.53. The zero-order chi connectivity index (χ0) is 10.8. The molecule has 0 aromatic rings. The molecule has 1 rings (SSSR count). The first-order chi connectivity index (χ1) is 6.43. The second-order valence-electron chi connectivity index (χ2n) is 5.53. The molecule has 0 unspecified atom stereocenters. The van der Waals surface area contributed by atoms with Gasteiger partial charge in [-0.3, -0.25) is 0 Å². The molecule has 0 spiro atoms. The molecule has 0 aromatic carbocycles. The van der Waals surface area contributed by atoms with Crippen molar-refractivity contribution >= 4 is 0 Å². The molecular weight excluding hydrogens is 168 g/mol. The molecule has 14 heavy (non-hydrogen) atoms. The molecule has 0 bridgehead atoms. The van der Waals surface area contributed by atoms with Crippen LogP contribution in [-0.4, -0.2) is 0 Å². The maximum Gasteiger partial charge on any atom is -0.0104 e. The molecule has 80 valence electrons. The summed E-state index contributed by atoms with van der Waals surface area (Å²) in [4.78, 5) is 0. The predicted octanol–water partition coefficient (Wildman–Crippen LogP) is 4.73. The van der Waals surface area contributed by atoms with Crippen molar-refractivity contribution < 1.29 is 0 Å². The van der Waals surface area contributed by atoms with Gasteiger partial charge in [0.25, 0.3) is 0 Å². The fourth-order valence-corrected chi connectivity index (χ4v) is 2.30. The smallest absolute Gasteiger partial charge is 0.0104 e. The highest BCUT2D eigenvalue weighted by atomic mass is 14.3. The van der Waals surface area contributed by atoms with Crippen LogP contribution in [0.25, 0.3) is 0 Å². The minimum Gasteiger partial charge on any atom is -0.0817 e. The maximum atomic E-state index is 2.37. The number of allylic oxidation sites excluding steroid dienone is 4. The molecule has 0 heterocycles. The van der Waals surface area contributed by atoms with Crippen molar-refractivity contribution in [1.82, 2.24) is 0 Å². The Bertz CT molecular complexity index is 251. The minimum absolute atomic E-state index is 0.397. The van der Waals surface area contributed by atoms with E-state index in [1.165, 1.54) is 19.3 Å². The summed E-state index contributed by atoms with van der Waals surface area (Å²) >= 11 is 0. The van der Waals surface area contributed by atoms with E-state index in [1.54, 1.807) is 11.1 Å². The van der Waals surface area contributed by atoms with Crippen molar-refractivity contribution in [2.24, 2.45) is 11.3 Å². The van der Waals surface area contributed by atoms with Gasteiger partial charge in [-0.2, -0.15) is 0 Å². The minimum atomic E-state index is 0.397. The average Bonchev–Trinajstić information content (AvgIpc) is 2.01. The molecular formula is C14H24. The van der Waals surface area contributed by atoms with Gasteiger partial charge in [0.2, 0.25) is 0 Å². The summed E-state index contributed by atoms with van der Waals surface area (Å²) in [6, 6.07) is 0. The van der Waals surface area contributed by atoms with Crippen LogP contribution in [0.4, 0.5) is 0 Å². The lowest BCUT2D eigenvalue weighted by Gasteiger charge is -2.33. The van der Waals surface area contributed by atoms with Crippen LogP contribution in [0.3, 0.4) is 0 Å². The molecule has 0 nitrogen and oxygen atoms in total. The second kappa shape index (κ2) is 4.33. The highest BCUT2D eigenvalue weighted by molar-refractivity contribution is 5.32. The molecule has 1 aliphatic carbocycles. The van der Waals surface area contributed by atoms with Crippen molar-refractivity contribution in [1.29, 1.82) is 0 Å². The van der Waals surface area contributed by atoms with Crippen LogP contribution in [-0.2, 0) is 0 Å². The van der Waals surface area contributed by atoms with Crippen molar-refractivity contribution in [3.05, 3.63) is 23.3 Å². The summed E-state index contributed by atoms with van der Waals surface area (Å²) in [6.45, 7) is 11.5. The molecule has 0 saturated carbocycles. The van der Waals surface area contributed by atoms with Gasteiger partial charge in [0.15, 0.2) is 0 Å². The standard InChI is InChI=1S/C14H24/c1-11(2)8-9-13-12(3)7-6-10-14(13,4)5/h8-9,11H,6-7,10H2,1-5H3. The molecule has 0 aromatic heterocycles. The summed E-state index contributed by atoms with van der Waals surface area (Å²) in [7, 11) is 0. The van der Waals surface area contributed by atoms with E-state index in [9.17, 15) is 0 Å². The topological polar surface area (TPSA) is 0 Å². The first-order valence-electron chi connectivity index (χ1n) is 5.82. The van der Waals surface area contributed by atoms with Gasteiger partial charge in [0, 0.05) is 0 Å². The van der Waals surface area contributed by atoms with E-state index < -0.39 is 0 Å². The van der Waals surface area contributed by atoms with Gasteiger partial charge < -0.3 is 0 Å². The summed E-state index contributed by atoms with van der Waals surface area (Å²) in [5.74, 6) is 0.660. The zero-order valence-electron chi connectivity index (χ0n) is 10.4. The van der Waals surface area contributed by atoms with Gasteiger partial charge in [-0.05, 0) is 43.1 Å². The van der Waals surface area contributed by atoms with Gasteiger partial charge in [0.05, 0.1) is 0 Å². The van der Waals surface area contributed by atoms with Crippen LogP contribution < -0.4 is 0 Å². The fourth-order valence-electron chi connectivity index (χ4n) is 2.30. The summed E-state index contributed by atoms with van der Waals surface area (Å²) in [5, 5.41) is 0. The Morgan fingerprint density at radius 2 is 1.93 bits per heavy atom. The Kier molecular flexibility index (Phi) is 3.58. The van der Waals surface area contributed by atoms with Crippen LogP contribution in [0.2, 0.25) is 0 Å². The monoisotopic (exact) mass is 192 g/mol. The van der Waals surface area contributed by atoms with Crippen LogP contribution in [0, 0.1) is 11.3 Å². The number of rotatable bonds is 2. The lowest BCUT2D eigenvalue weighted by Crippen LogP contribution is -2.19. The van der Waals surface area contributed by atoms with Crippen LogP contribution >= 0.6 is 0 Å². The van der Waals surface area contributed by atoms with Crippen molar-refractivity contribution in [3.8, 4) is 0 Å². The highest BCUT2D eigenvalue weighted by Crippen LogP contribution is 2.40. The Balaban J connectivity index is 2.91. The van der Waals surface area contributed by atoms with E-state index in [-0.39, 0.29) is 0 Å². The molecule has 0 fully saturated rings. The largest absolute Gasteiger partial charge is 0.0817 e. The van der Waals surface area contributed by atoms with Crippen molar-refractivity contribution in [2.45, 2.75) is 53.9 Å². The first kappa shape index (κ1) is 11.6. The third-order valence-electron chi connectivity index (χ3n) is 3.19. The Labute approximate surface area is 89.1 Å². The van der Waals surface area contributed by atoms with Crippen molar-refractivity contribution in [2.75, 3.05) is 0 Å². The summed E-state index contributed by atoms with van der Waals surface area (Å²) < 4.78 is 0. The quantitative estimate of drug-likeness (QED) is 0.593. The normalized spacial score (nSPS) is 22.4. The molecule has 0 N–H and O–H groups in total.